The van der Waals surface area contributed by atoms with Crippen LogP contribution in [0, 0.1) is 0 Å². The highest BCUT2D eigenvalue weighted by Gasteiger charge is 2.09. The summed E-state index contributed by atoms with van der Waals surface area (Å²) in [7, 11) is 1.65. The zero-order valence-corrected chi connectivity index (χ0v) is 11.4. The average Bonchev–Trinajstić information content (AvgIpc) is 2.35. The second-order valence-corrected chi connectivity index (χ2v) is 4.20. The summed E-state index contributed by atoms with van der Waals surface area (Å²) in [6, 6.07) is 5.87. The van der Waals surface area contributed by atoms with E-state index in [1.165, 1.54) is 0 Å². The molecule has 4 heteroatoms. The van der Waals surface area contributed by atoms with Gasteiger partial charge in [-0.2, -0.15) is 0 Å². The summed E-state index contributed by atoms with van der Waals surface area (Å²) >= 11 is 0. The van der Waals surface area contributed by atoms with Crippen molar-refractivity contribution in [2.24, 2.45) is 0 Å². The van der Waals surface area contributed by atoms with E-state index in [9.17, 15) is 5.11 Å². The molecule has 0 bridgehead atoms. The highest BCUT2D eigenvalue weighted by atomic mass is 16.5. The van der Waals surface area contributed by atoms with Gasteiger partial charge in [-0.05, 0) is 32.9 Å². The minimum absolute atomic E-state index is 0.269. The minimum Gasteiger partial charge on any atom is -0.493 e. The molecule has 1 unspecified atom stereocenters. The summed E-state index contributed by atoms with van der Waals surface area (Å²) in [5.41, 5.74) is 1.06. The smallest absolute Gasteiger partial charge is 0.165 e. The van der Waals surface area contributed by atoms with Gasteiger partial charge in [0.05, 0.1) is 19.8 Å². The lowest BCUT2D eigenvalue weighted by Gasteiger charge is -2.14. The standard InChI is InChI=1S/C14H23NO3/c1-4-18-13-7-5-6-12(14(13)17-3)10-15-9-8-11(2)16/h5-7,11,15-16H,4,8-10H2,1-3H3. The van der Waals surface area contributed by atoms with Crippen molar-refractivity contribution in [1.29, 1.82) is 0 Å². The van der Waals surface area contributed by atoms with E-state index in [-0.39, 0.29) is 6.10 Å². The monoisotopic (exact) mass is 253 g/mol. The van der Waals surface area contributed by atoms with Crippen LogP contribution >= 0.6 is 0 Å². The van der Waals surface area contributed by atoms with E-state index in [0.29, 0.717) is 13.2 Å². The number of hydrogen-bond acceptors (Lipinski definition) is 4. The minimum atomic E-state index is -0.269. The molecule has 0 saturated heterocycles. The van der Waals surface area contributed by atoms with E-state index in [1.807, 2.05) is 25.1 Å². The van der Waals surface area contributed by atoms with Crippen LogP contribution in [0.2, 0.25) is 0 Å². The first-order chi connectivity index (χ1) is 8.69. The van der Waals surface area contributed by atoms with Crippen molar-refractivity contribution in [3.8, 4) is 11.5 Å². The predicted molar refractivity (Wildman–Crippen MR) is 72.2 cm³/mol. The number of hydrogen-bond donors (Lipinski definition) is 2. The van der Waals surface area contributed by atoms with Crippen molar-refractivity contribution in [3.63, 3.8) is 0 Å². The van der Waals surface area contributed by atoms with E-state index in [2.05, 4.69) is 5.32 Å². The summed E-state index contributed by atoms with van der Waals surface area (Å²) < 4.78 is 10.9. The molecule has 0 fully saturated rings. The van der Waals surface area contributed by atoms with E-state index < -0.39 is 0 Å². The molecule has 0 aromatic heterocycles. The zero-order valence-electron chi connectivity index (χ0n) is 11.4. The molecule has 2 N–H and O–H groups in total. The molecule has 1 rings (SSSR count). The molecular formula is C14H23NO3. The lowest BCUT2D eigenvalue weighted by Crippen LogP contribution is -2.19. The van der Waals surface area contributed by atoms with Gasteiger partial charge in [-0.3, -0.25) is 0 Å². The van der Waals surface area contributed by atoms with Crippen LogP contribution in [-0.4, -0.2) is 31.5 Å². The Kier molecular flexibility index (Phi) is 6.54. The topological polar surface area (TPSA) is 50.7 Å². The van der Waals surface area contributed by atoms with E-state index in [1.54, 1.807) is 14.0 Å². The summed E-state index contributed by atoms with van der Waals surface area (Å²) in [4.78, 5) is 0. The maximum Gasteiger partial charge on any atom is 0.165 e. The summed E-state index contributed by atoms with van der Waals surface area (Å²) in [6.07, 6.45) is 0.474. The largest absolute Gasteiger partial charge is 0.493 e. The average molecular weight is 253 g/mol. The number of aliphatic hydroxyl groups excluding tert-OH is 1. The van der Waals surface area contributed by atoms with Gasteiger partial charge in [0.1, 0.15) is 0 Å². The second-order valence-electron chi connectivity index (χ2n) is 4.20. The number of nitrogens with one attached hydrogen (secondary N) is 1. The Labute approximate surface area is 109 Å². The van der Waals surface area contributed by atoms with Gasteiger partial charge in [0.2, 0.25) is 0 Å². The van der Waals surface area contributed by atoms with Crippen molar-refractivity contribution < 1.29 is 14.6 Å². The summed E-state index contributed by atoms with van der Waals surface area (Å²) in [5.74, 6) is 1.55. The molecule has 0 aliphatic rings. The maximum atomic E-state index is 9.18. The van der Waals surface area contributed by atoms with Crippen molar-refractivity contribution in [2.75, 3.05) is 20.3 Å². The second kappa shape index (κ2) is 7.95. The number of para-hydroxylation sites is 1. The molecule has 0 radical (unpaired) electrons. The Hall–Kier alpha value is -1.26. The molecule has 18 heavy (non-hydrogen) atoms. The lowest BCUT2D eigenvalue weighted by molar-refractivity contribution is 0.183. The fraction of sp³-hybridized carbons (Fsp3) is 0.571. The maximum absolute atomic E-state index is 9.18. The first kappa shape index (κ1) is 14.8. The van der Waals surface area contributed by atoms with Crippen molar-refractivity contribution in [2.45, 2.75) is 32.9 Å². The number of benzene rings is 1. The third kappa shape index (κ3) is 4.55. The Balaban J connectivity index is 2.61. The SMILES string of the molecule is CCOc1cccc(CNCCC(C)O)c1OC. The van der Waals surface area contributed by atoms with Gasteiger partial charge in [0.25, 0.3) is 0 Å². The summed E-state index contributed by atoms with van der Waals surface area (Å²) in [5, 5.41) is 12.5. The number of rotatable bonds is 8. The number of methoxy groups -OCH3 is 1. The van der Waals surface area contributed by atoms with E-state index in [4.69, 9.17) is 9.47 Å². The summed E-state index contributed by atoms with van der Waals surface area (Å²) in [6.45, 7) is 5.84. The zero-order chi connectivity index (χ0) is 13.4. The molecular weight excluding hydrogens is 230 g/mol. The third-order valence-electron chi connectivity index (χ3n) is 2.62. The lowest BCUT2D eigenvalue weighted by atomic mass is 10.1. The van der Waals surface area contributed by atoms with Crippen LogP contribution in [0.4, 0.5) is 0 Å². The van der Waals surface area contributed by atoms with Gasteiger partial charge >= 0.3 is 0 Å². The molecule has 0 saturated carbocycles. The molecule has 1 aromatic rings. The number of aliphatic hydroxyl groups is 1. The Morgan fingerprint density at radius 1 is 1.39 bits per heavy atom. The first-order valence-corrected chi connectivity index (χ1v) is 6.36. The molecule has 0 spiro atoms. The highest BCUT2D eigenvalue weighted by Crippen LogP contribution is 2.30. The molecule has 102 valence electrons. The Morgan fingerprint density at radius 2 is 2.17 bits per heavy atom. The van der Waals surface area contributed by atoms with Crippen LogP contribution in [-0.2, 0) is 6.54 Å². The van der Waals surface area contributed by atoms with Gasteiger partial charge in [0.15, 0.2) is 11.5 Å². The fourth-order valence-electron chi connectivity index (χ4n) is 1.74. The molecule has 0 aliphatic carbocycles. The van der Waals surface area contributed by atoms with Crippen LogP contribution in [0.1, 0.15) is 25.8 Å². The molecule has 1 atom stereocenters. The van der Waals surface area contributed by atoms with Crippen molar-refractivity contribution in [1.82, 2.24) is 5.32 Å². The van der Waals surface area contributed by atoms with Crippen molar-refractivity contribution >= 4 is 0 Å². The van der Waals surface area contributed by atoms with Gasteiger partial charge in [-0.15, -0.1) is 0 Å². The molecule has 1 aromatic carbocycles. The van der Waals surface area contributed by atoms with E-state index >= 15 is 0 Å². The normalized spacial score (nSPS) is 12.2. The van der Waals surface area contributed by atoms with Crippen LogP contribution in [0.25, 0.3) is 0 Å². The van der Waals surface area contributed by atoms with Crippen molar-refractivity contribution in [3.05, 3.63) is 23.8 Å². The Morgan fingerprint density at radius 3 is 2.78 bits per heavy atom. The van der Waals surface area contributed by atoms with Gasteiger partial charge < -0.3 is 19.9 Å². The molecule has 4 nitrogen and oxygen atoms in total. The highest BCUT2D eigenvalue weighted by molar-refractivity contribution is 5.46. The van der Waals surface area contributed by atoms with Gasteiger partial charge in [-0.25, -0.2) is 0 Å². The molecule has 0 heterocycles. The number of ether oxygens (including phenoxy) is 2. The quantitative estimate of drug-likeness (QED) is 0.695. The van der Waals surface area contributed by atoms with Crippen LogP contribution in [0.5, 0.6) is 11.5 Å². The Bertz CT molecular complexity index is 353. The fourth-order valence-corrected chi connectivity index (χ4v) is 1.74. The van der Waals surface area contributed by atoms with Gasteiger partial charge in [-0.1, -0.05) is 12.1 Å². The van der Waals surface area contributed by atoms with Crippen LogP contribution in [0.3, 0.4) is 0 Å². The first-order valence-electron chi connectivity index (χ1n) is 6.36. The molecule has 0 aliphatic heterocycles. The molecule has 0 amide bonds. The predicted octanol–water partition coefficient (Wildman–Crippen LogP) is 1.95. The van der Waals surface area contributed by atoms with E-state index in [0.717, 1.165) is 30.0 Å². The van der Waals surface area contributed by atoms with Crippen LogP contribution in [0.15, 0.2) is 18.2 Å². The van der Waals surface area contributed by atoms with Gasteiger partial charge in [0, 0.05) is 12.1 Å². The third-order valence-corrected chi connectivity index (χ3v) is 2.62. The van der Waals surface area contributed by atoms with Crippen LogP contribution < -0.4 is 14.8 Å².